The standard InChI is InChI=1S/C16H22N2O3/c1-4-17(5-2)9-10-18-14-8-7-12(21-6-3)11-13(14)15(19)16(18)20/h7-8,11H,4-6,9-10H2,1-3H3. The average Bonchev–Trinajstić information content (AvgIpc) is 2.73. The fourth-order valence-corrected chi connectivity index (χ4v) is 2.54. The maximum Gasteiger partial charge on any atom is 0.299 e. The fraction of sp³-hybridized carbons (Fsp3) is 0.500. The Morgan fingerprint density at radius 3 is 2.48 bits per heavy atom. The van der Waals surface area contributed by atoms with E-state index in [1.807, 2.05) is 6.92 Å². The number of hydrogen-bond donors (Lipinski definition) is 0. The van der Waals surface area contributed by atoms with Crippen LogP contribution in [0, 0.1) is 0 Å². The van der Waals surface area contributed by atoms with Gasteiger partial charge in [0.25, 0.3) is 11.7 Å². The van der Waals surface area contributed by atoms with E-state index in [9.17, 15) is 9.59 Å². The van der Waals surface area contributed by atoms with Crippen LogP contribution < -0.4 is 9.64 Å². The summed E-state index contributed by atoms with van der Waals surface area (Å²) >= 11 is 0. The summed E-state index contributed by atoms with van der Waals surface area (Å²) in [4.78, 5) is 28.0. The Bertz CT molecular complexity index is 538. The number of ether oxygens (including phenoxy) is 1. The zero-order valence-electron chi connectivity index (χ0n) is 12.9. The van der Waals surface area contributed by atoms with Crippen molar-refractivity contribution in [2.75, 3.05) is 37.7 Å². The minimum atomic E-state index is -0.439. The maximum absolute atomic E-state index is 12.1. The van der Waals surface area contributed by atoms with Gasteiger partial charge < -0.3 is 14.5 Å². The van der Waals surface area contributed by atoms with Gasteiger partial charge in [-0.3, -0.25) is 9.59 Å². The van der Waals surface area contributed by atoms with Crippen LogP contribution in [-0.4, -0.2) is 49.4 Å². The summed E-state index contributed by atoms with van der Waals surface area (Å²) in [5.41, 5.74) is 1.14. The third-order valence-electron chi connectivity index (χ3n) is 3.79. The highest BCUT2D eigenvalue weighted by atomic mass is 16.5. The number of hydrogen-bond acceptors (Lipinski definition) is 4. The molecule has 0 aromatic heterocycles. The monoisotopic (exact) mass is 290 g/mol. The second-order valence-electron chi connectivity index (χ2n) is 4.92. The zero-order valence-corrected chi connectivity index (χ0v) is 12.9. The molecule has 1 heterocycles. The van der Waals surface area contributed by atoms with Crippen LogP contribution in [-0.2, 0) is 4.79 Å². The summed E-state index contributed by atoms with van der Waals surface area (Å²) in [5.74, 6) is -0.250. The van der Waals surface area contributed by atoms with Crippen molar-refractivity contribution in [1.29, 1.82) is 0 Å². The first-order chi connectivity index (χ1) is 10.1. The van der Waals surface area contributed by atoms with Crippen molar-refractivity contribution in [2.45, 2.75) is 20.8 Å². The lowest BCUT2D eigenvalue weighted by atomic mass is 10.1. The van der Waals surface area contributed by atoms with Crippen molar-refractivity contribution in [2.24, 2.45) is 0 Å². The summed E-state index contributed by atoms with van der Waals surface area (Å²) in [6, 6.07) is 5.26. The van der Waals surface area contributed by atoms with E-state index < -0.39 is 11.7 Å². The largest absolute Gasteiger partial charge is 0.494 e. The molecule has 0 spiro atoms. The molecule has 1 amide bonds. The number of rotatable bonds is 7. The molecule has 1 aromatic carbocycles. The Kier molecular flexibility index (Phi) is 4.96. The Labute approximate surface area is 125 Å². The quantitative estimate of drug-likeness (QED) is 0.720. The molecule has 0 unspecified atom stereocenters. The van der Waals surface area contributed by atoms with Crippen LogP contribution >= 0.6 is 0 Å². The second kappa shape index (κ2) is 6.72. The van der Waals surface area contributed by atoms with E-state index in [0.717, 1.165) is 19.6 Å². The van der Waals surface area contributed by atoms with E-state index in [4.69, 9.17) is 4.74 Å². The molecule has 0 atom stereocenters. The highest BCUT2D eigenvalue weighted by Crippen LogP contribution is 2.31. The van der Waals surface area contributed by atoms with Crippen LogP contribution in [0.15, 0.2) is 18.2 Å². The van der Waals surface area contributed by atoms with Crippen molar-refractivity contribution in [3.63, 3.8) is 0 Å². The van der Waals surface area contributed by atoms with Crippen LogP contribution in [0.25, 0.3) is 0 Å². The number of nitrogens with zero attached hydrogens (tertiary/aromatic N) is 2. The number of anilines is 1. The summed E-state index contributed by atoms with van der Waals surface area (Å²) in [5, 5.41) is 0. The van der Waals surface area contributed by atoms with E-state index in [1.165, 1.54) is 0 Å². The molecule has 0 aliphatic carbocycles. The summed E-state index contributed by atoms with van der Waals surface area (Å²) < 4.78 is 5.39. The highest BCUT2D eigenvalue weighted by Gasteiger charge is 2.35. The molecule has 0 saturated heterocycles. The van der Waals surface area contributed by atoms with Crippen LogP contribution in [0.1, 0.15) is 31.1 Å². The average molecular weight is 290 g/mol. The number of likely N-dealkylation sites (N-methyl/N-ethyl adjacent to an activating group) is 1. The zero-order chi connectivity index (χ0) is 15.4. The number of amides is 1. The van der Waals surface area contributed by atoms with Crippen LogP contribution in [0.3, 0.4) is 0 Å². The normalized spacial score (nSPS) is 14.0. The van der Waals surface area contributed by atoms with Gasteiger partial charge in [-0.15, -0.1) is 0 Å². The molecule has 0 bridgehead atoms. The van der Waals surface area contributed by atoms with Crippen LogP contribution in [0.4, 0.5) is 5.69 Å². The number of Topliss-reactive ketones (excluding diaryl/α,β-unsaturated/α-hetero) is 1. The van der Waals surface area contributed by atoms with Gasteiger partial charge >= 0.3 is 0 Å². The number of carbonyl (C=O) groups is 2. The molecule has 1 aliphatic rings. The molecule has 5 nitrogen and oxygen atoms in total. The lowest BCUT2D eigenvalue weighted by Gasteiger charge is -2.23. The molecule has 2 rings (SSSR count). The van der Waals surface area contributed by atoms with Gasteiger partial charge in [0.15, 0.2) is 0 Å². The first kappa shape index (κ1) is 15.5. The summed E-state index contributed by atoms with van der Waals surface area (Å²) in [6.07, 6.45) is 0. The van der Waals surface area contributed by atoms with Gasteiger partial charge in [0.05, 0.1) is 17.9 Å². The first-order valence-corrected chi connectivity index (χ1v) is 7.47. The van der Waals surface area contributed by atoms with Crippen molar-refractivity contribution >= 4 is 17.4 Å². The van der Waals surface area contributed by atoms with Gasteiger partial charge in [-0.05, 0) is 38.2 Å². The predicted molar refractivity (Wildman–Crippen MR) is 82.1 cm³/mol. The maximum atomic E-state index is 12.1. The minimum Gasteiger partial charge on any atom is -0.494 e. The second-order valence-corrected chi connectivity index (χ2v) is 4.92. The minimum absolute atomic E-state index is 0.439. The van der Waals surface area contributed by atoms with Gasteiger partial charge in [0.2, 0.25) is 0 Å². The molecule has 0 fully saturated rings. The van der Waals surface area contributed by atoms with Gasteiger partial charge in [-0.25, -0.2) is 0 Å². The molecule has 114 valence electrons. The number of benzene rings is 1. The lowest BCUT2D eigenvalue weighted by molar-refractivity contribution is -0.114. The third-order valence-corrected chi connectivity index (χ3v) is 3.79. The fourth-order valence-electron chi connectivity index (χ4n) is 2.54. The van der Waals surface area contributed by atoms with E-state index in [0.29, 0.717) is 30.2 Å². The smallest absolute Gasteiger partial charge is 0.299 e. The predicted octanol–water partition coefficient (Wildman–Crippen LogP) is 1.96. The molecule has 21 heavy (non-hydrogen) atoms. The molecule has 1 aliphatic heterocycles. The third kappa shape index (κ3) is 3.08. The molecule has 0 N–H and O–H groups in total. The highest BCUT2D eigenvalue weighted by molar-refractivity contribution is 6.52. The van der Waals surface area contributed by atoms with Gasteiger partial charge in [-0.1, -0.05) is 13.8 Å². The molecule has 0 saturated carbocycles. The van der Waals surface area contributed by atoms with Crippen molar-refractivity contribution in [3.8, 4) is 5.75 Å². The van der Waals surface area contributed by atoms with E-state index >= 15 is 0 Å². The Balaban J connectivity index is 2.19. The number of carbonyl (C=O) groups excluding carboxylic acids is 2. The van der Waals surface area contributed by atoms with Crippen molar-refractivity contribution < 1.29 is 14.3 Å². The SMILES string of the molecule is CCOc1ccc2c(c1)C(=O)C(=O)N2CCN(CC)CC. The first-order valence-electron chi connectivity index (χ1n) is 7.47. The molecular formula is C16H22N2O3. The van der Waals surface area contributed by atoms with E-state index in [2.05, 4.69) is 18.7 Å². The molecular weight excluding hydrogens is 268 g/mol. The van der Waals surface area contributed by atoms with Crippen molar-refractivity contribution in [1.82, 2.24) is 4.90 Å². The van der Waals surface area contributed by atoms with Gasteiger partial charge in [-0.2, -0.15) is 0 Å². The van der Waals surface area contributed by atoms with Gasteiger partial charge in [0.1, 0.15) is 5.75 Å². The Hall–Kier alpha value is -1.88. The van der Waals surface area contributed by atoms with E-state index in [-0.39, 0.29) is 0 Å². The Morgan fingerprint density at radius 1 is 1.14 bits per heavy atom. The molecule has 5 heteroatoms. The van der Waals surface area contributed by atoms with Gasteiger partial charge in [0, 0.05) is 13.1 Å². The number of ketones is 1. The lowest BCUT2D eigenvalue weighted by Crippen LogP contribution is -2.38. The summed E-state index contributed by atoms with van der Waals surface area (Å²) in [6.45, 7) is 9.76. The van der Waals surface area contributed by atoms with Crippen LogP contribution in [0.2, 0.25) is 0 Å². The Morgan fingerprint density at radius 2 is 1.86 bits per heavy atom. The molecule has 1 aromatic rings. The van der Waals surface area contributed by atoms with Crippen LogP contribution in [0.5, 0.6) is 5.75 Å². The topological polar surface area (TPSA) is 49.9 Å². The molecule has 0 radical (unpaired) electrons. The van der Waals surface area contributed by atoms with Crippen molar-refractivity contribution in [3.05, 3.63) is 23.8 Å². The summed E-state index contributed by atoms with van der Waals surface area (Å²) in [7, 11) is 0. The number of fused-ring (bicyclic) bond motifs is 1. The van der Waals surface area contributed by atoms with E-state index in [1.54, 1.807) is 23.1 Å².